The lowest BCUT2D eigenvalue weighted by atomic mass is 9.96. The van der Waals surface area contributed by atoms with Gasteiger partial charge in [0.2, 0.25) is 0 Å². The van der Waals surface area contributed by atoms with Gasteiger partial charge in [-0.3, -0.25) is 9.69 Å². The van der Waals surface area contributed by atoms with Crippen molar-refractivity contribution in [3.63, 3.8) is 0 Å². The lowest BCUT2D eigenvalue weighted by Crippen LogP contribution is -2.36. The smallest absolute Gasteiger partial charge is 0.268 e. The number of nitrogens with zero attached hydrogens (tertiary/aromatic N) is 2. The number of oxime groups is 1. The SMILES string of the molecule is CCc1ccc(CN2CCC3(CC(C(=O)NC)=NO3)C2)cc1. The molecular weight excluding hydrogens is 278 g/mol. The predicted molar refractivity (Wildman–Crippen MR) is 85.6 cm³/mol. The van der Waals surface area contributed by atoms with Crippen molar-refractivity contribution in [1.82, 2.24) is 10.2 Å². The first kappa shape index (κ1) is 15.0. The Morgan fingerprint density at radius 3 is 2.77 bits per heavy atom. The minimum Gasteiger partial charge on any atom is -0.387 e. The topological polar surface area (TPSA) is 53.9 Å². The fourth-order valence-electron chi connectivity index (χ4n) is 3.21. The molecule has 0 bridgehead atoms. The Bertz CT molecular complexity index is 582. The van der Waals surface area contributed by atoms with Gasteiger partial charge >= 0.3 is 0 Å². The lowest BCUT2D eigenvalue weighted by Gasteiger charge is -2.21. The van der Waals surface area contributed by atoms with E-state index < -0.39 is 0 Å². The summed E-state index contributed by atoms with van der Waals surface area (Å²) in [6, 6.07) is 8.79. The molecule has 1 aromatic carbocycles. The minimum atomic E-state index is -0.300. The molecule has 1 atom stereocenters. The number of rotatable bonds is 4. The van der Waals surface area contributed by atoms with Crippen LogP contribution in [0.25, 0.3) is 0 Å². The van der Waals surface area contributed by atoms with E-state index in [4.69, 9.17) is 4.84 Å². The molecule has 2 aliphatic rings. The molecule has 0 aromatic heterocycles. The molecular formula is C17H23N3O2. The van der Waals surface area contributed by atoms with Crippen LogP contribution in [0.4, 0.5) is 0 Å². The van der Waals surface area contributed by atoms with Gasteiger partial charge in [-0.15, -0.1) is 0 Å². The molecule has 118 valence electrons. The van der Waals surface area contributed by atoms with E-state index in [0.29, 0.717) is 12.1 Å². The molecule has 1 unspecified atom stereocenters. The number of carbonyl (C=O) groups excluding carboxylic acids is 1. The minimum absolute atomic E-state index is 0.134. The Hall–Kier alpha value is -1.88. The molecule has 1 saturated heterocycles. The molecule has 0 aliphatic carbocycles. The molecule has 0 saturated carbocycles. The summed E-state index contributed by atoms with van der Waals surface area (Å²) in [7, 11) is 1.62. The van der Waals surface area contributed by atoms with Crippen LogP contribution in [0.3, 0.4) is 0 Å². The van der Waals surface area contributed by atoms with Crippen LogP contribution in [-0.2, 0) is 22.6 Å². The Morgan fingerprint density at radius 1 is 1.36 bits per heavy atom. The molecule has 3 rings (SSSR count). The number of benzene rings is 1. The van der Waals surface area contributed by atoms with Crippen LogP contribution in [0, 0.1) is 0 Å². The molecule has 1 aromatic rings. The first-order valence-corrected chi connectivity index (χ1v) is 7.91. The van der Waals surface area contributed by atoms with Gasteiger partial charge in [0.1, 0.15) is 5.71 Å². The van der Waals surface area contributed by atoms with E-state index in [1.807, 2.05) is 0 Å². The molecule has 0 radical (unpaired) electrons. The second kappa shape index (κ2) is 6.08. The molecule has 1 N–H and O–H groups in total. The first-order valence-electron chi connectivity index (χ1n) is 7.91. The molecule has 1 spiro atoms. The number of hydrogen-bond acceptors (Lipinski definition) is 4. The highest BCUT2D eigenvalue weighted by atomic mass is 16.7. The molecule has 1 fully saturated rings. The largest absolute Gasteiger partial charge is 0.387 e. The summed E-state index contributed by atoms with van der Waals surface area (Å²) in [5.74, 6) is -0.134. The van der Waals surface area contributed by atoms with Crippen molar-refractivity contribution >= 4 is 11.6 Å². The zero-order valence-electron chi connectivity index (χ0n) is 13.3. The van der Waals surface area contributed by atoms with E-state index in [1.54, 1.807) is 7.05 Å². The Kier molecular flexibility index (Phi) is 4.16. The monoisotopic (exact) mass is 301 g/mol. The third kappa shape index (κ3) is 2.99. The summed E-state index contributed by atoms with van der Waals surface area (Å²) in [6.45, 7) is 4.89. The highest BCUT2D eigenvalue weighted by Gasteiger charge is 2.46. The molecule has 22 heavy (non-hydrogen) atoms. The van der Waals surface area contributed by atoms with Gasteiger partial charge in [0.15, 0.2) is 5.60 Å². The van der Waals surface area contributed by atoms with E-state index in [1.165, 1.54) is 11.1 Å². The second-order valence-corrected chi connectivity index (χ2v) is 6.20. The first-order chi connectivity index (χ1) is 10.6. The summed E-state index contributed by atoms with van der Waals surface area (Å²) >= 11 is 0. The molecule has 2 heterocycles. The van der Waals surface area contributed by atoms with Crippen molar-refractivity contribution in [2.24, 2.45) is 5.16 Å². The van der Waals surface area contributed by atoms with Crippen LogP contribution in [0.15, 0.2) is 29.4 Å². The van der Waals surface area contributed by atoms with Gasteiger partial charge in [-0.2, -0.15) is 0 Å². The third-order valence-electron chi connectivity index (χ3n) is 4.56. The maximum Gasteiger partial charge on any atom is 0.268 e. The molecule has 1 amide bonds. The van der Waals surface area contributed by atoms with Crippen LogP contribution in [0.2, 0.25) is 0 Å². The Morgan fingerprint density at radius 2 is 2.09 bits per heavy atom. The average Bonchev–Trinajstić information content (AvgIpc) is 3.15. The molecule has 5 heteroatoms. The van der Waals surface area contributed by atoms with Crippen molar-refractivity contribution in [2.45, 2.75) is 38.3 Å². The quantitative estimate of drug-likeness (QED) is 0.921. The van der Waals surface area contributed by atoms with Crippen LogP contribution in [0.1, 0.15) is 30.9 Å². The van der Waals surface area contributed by atoms with Crippen LogP contribution in [0.5, 0.6) is 0 Å². The van der Waals surface area contributed by atoms with Gasteiger partial charge in [0.05, 0.1) is 0 Å². The Labute approximate surface area is 131 Å². The maximum atomic E-state index is 11.7. The van der Waals surface area contributed by atoms with E-state index in [2.05, 4.69) is 46.6 Å². The van der Waals surface area contributed by atoms with Crippen LogP contribution < -0.4 is 5.32 Å². The van der Waals surface area contributed by atoms with Gasteiger partial charge in [-0.25, -0.2) is 0 Å². The van der Waals surface area contributed by atoms with Crippen LogP contribution >= 0.6 is 0 Å². The second-order valence-electron chi connectivity index (χ2n) is 6.20. The standard InChI is InChI=1S/C17H23N3O2/c1-3-13-4-6-14(7-5-13)11-20-9-8-17(12-20)10-15(19-22-17)16(21)18-2/h4-7H,3,8-12H2,1-2H3,(H,18,21). The number of aryl methyl sites for hydroxylation is 1. The highest BCUT2D eigenvalue weighted by Crippen LogP contribution is 2.34. The van der Waals surface area contributed by atoms with Crippen molar-refractivity contribution in [1.29, 1.82) is 0 Å². The zero-order chi connectivity index (χ0) is 15.6. The summed E-state index contributed by atoms with van der Waals surface area (Å²) in [5.41, 5.74) is 2.89. The summed E-state index contributed by atoms with van der Waals surface area (Å²) in [5, 5.41) is 6.60. The van der Waals surface area contributed by atoms with E-state index in [-0.39, 0.29) is 11.5 Å². The fraction of sp³-hybridized carbons (Fsp3) is 0.529. The van der Waals surface area contributed by atoms with E-state index >= 15 is 0 Å². The number of likely N-dealkylation sites (tertiary alicyclic amines) is 1. The summed E-state index contributed by atoms with van der Waals surface area (Å²) in [4.78, 5) is 19.7. The average molecular weight is 301 g/mol. The third-order valence-corrected chi connectivity index (χ3v) is 4.56. The van der Waals surface area contributed by atoms with Gasteiger partial charge in [0, 0.05) is 39.5 Å². The van der Waals surface area contributed by atoms with Crippen molar-refractivity contribution in [3.05, 3.63) is 35.4 Å². The predicted octanol–water partition coefficient (Wildman–Crippen LogP) is 1.72. The van der Waals surface area contributed by atoms with Gasteiger partial charge < -0.3 is 10.2 Å². The number of nitrogens with one attached hydrogen (secondary N) is 1. The molecule has 5 nitrogen and oxygen atoms in total. The normalized spacial score (nSPS) is 24.4. The van der Waals surface area contributed by atoms with E-state index in [9.17, 15) is 4.79 Å². The number of hydrogen-bond donors (Lipinski definition) is 1. The number of amides is 1. The highest BCUT2D eigenvalue weighted by molar-refractivity contribution is 6.39. The Balaban J connectivity index is 1.57. The van der Waals surface area contributed by atoms with E-state index in [0.717, 1.165) is 32.5 Å². The lowest BCUT2D eigenvalue weighted by molar-refractivity contribution is -0.114. The van der Waals surface area contributed by atoms with Gasteiger partial charge in [-0.1, -0.05) is 36.3 Å². The van der Waals surface area contributed by atoms with Crippen LogP contribution in [-0.4, -0.2) is 42.3 Å². The zero-order valence-corrected chi connectivity index (χ0v) is 13.3. The van der Waals surface area contributed by atoms with Crippen molar-refractivity contribution < 1.29 is 9.63 Å². The maximum absolute atomic E-state index is 11.7. The number of carbonyl (C=O) groups is 1. The fourth-order valence-corrected chi connectivity index (χ4v) is 3.21. The summed E-state index contributed by atoms with van der Waals surface area (Å²) < 4.78 is 0. The molecule has 2 aliphatic heterocycles. The summed E-state index contributed by atoms with van der Waals surface area (Å²) in [6.07, 6.45) is 2.60. The van der Waals surface area contributed by atoms with Gasteiger partial charge in [-0.05, 0) is 17.5 Å². The van der Waals surface area contributed by atoms with Crippen molar-refractivity contribution in [3.8, 4) is 0 Å². The van der Waals surface area contributed by atoms with Gasteiger partial charge in [0.25, 0.3) is 5.91 Å². The van der Waals surface area contributed by atoms with Crippen molar-refractivity contribution in [2.75, 3.05) is 20.1 Å².